The smallest absolute Gasteiger partial charge is 0.254 e. The highest BCUT2D eigenvalue weighted by molar-refractivity contribution is 9.11. The first-order valence-corrected chi connectivity index (χ1v) is 7.14. The Labute approximate surface area is 123 Å². The topological polar surface area (TPSA) is 60.8 Å². The lowest BCUT2D eigenvalue weighted by Crippen LogP contribution is -2.25. The Morgan fingerprint density at radius 2 is 1.89 bits per heavy atom. The normalized spacial score (nSPS) is 10.4. The Bertz CT molecular complexity index is 591. The molecule has 19 heavy (non-hydrogen) atoms. The molecule has 2 N–H and O–H groups in total. The highest BCUT2D eigenvalue weighted by Gasteiger charge is 2.14. The van der Waals surface area contributed by atoms with Gasteiger partial charge in [0.05, 0.1) is 3.79 Å². The third-order valence-electron chi connectivity index (χ3n) is 2.54. The van der Waals surface area contributed by atoms with Crippen LogP contribution in [0.2, 0.25) is 0 Å². The lowest BCUT2D eigenvalue weighted by atomic mass is 10.1. The van der Waals surface area contributed by atoms with Crippen molar-refractivity contribution in [1.82, 2.24) is 4.90 Å². The first-order valence-electron chi connectivity index (χ1n) is 5.47. The first-order chi connectivity index (χ1) is 8.95. The van der Waals surface area contributed by atoms with Gasteiger partial charge in [0.2, 0.25) is 0 Å². The zero-order chi connectivity index (χ0) is 14.0. The molecule has 0 aliphatic rings. The maximum atomic E-state index is 12.2. The summed E-state index contributed by atoms with van der Waals surface area (Å²) in [5.41, 5.74) is 1.28. The van der Waals surface area contributed by atoms with Gasteiger partial charge >= 0.3 is 0 Å². The van der Waals surface area contributed by atoms with Crippen LogP contribution in [0.5, 0.6) is 11.5 Å². The summed E-state index contributed by atoms with van der Waals surface area (Å²) < 4.78 is 1.01. The molecule has 2 rings (SSSR count). The van der Waals surface area contributed by atoms with Crippen LogP contribution in [0.1, 0.15) is 15.9 Å². The first kappa shape index (κ1) is 13.9. The molecule has 100 valence electrons. The monoisotopic (exact) mass is 341 g/mol. The Morgan fingerprint density at radius 3 is 2.42 bits per heavy atom. The number of rotatable bonds is 3. The number of hydrogen-bond donors (Lipinski definition) is 2. The standard InChI is InChI=1S/C13H12BrNO3S/c1-15(6-8-2-12(14)19-7-8)13(18)9-3-10(16)5-11(17)4-9/h2-5,7,16-17H,6H2,1H3. The molecule has 1 heterocycles. The van der Waals surface area contributed by atoms with E-state index in [9.17, 15) is 15.0 Å². The molecule has 0 saturated carbocycles. The molecular formula is C13H12BrNO3S. The summed E-state index contributed by atoms with van der Waals surface area (Å²) in [4.78, 5) is 13.7. The third kappa shape index (κ3) is 3.48. The van der Waals surface area contributed by atoms with E-state index >= 15 is 0 Å². The summed E-state index contributed by atoms with van der Waals surface area (Å²) in [5, 5.41) is 20.7. The van der Waals surface area contributed by atoms with Crippen LogP contribution in [0.4, 0.5) is 0 Å². The zero-order valence-electron chi connectivity index (χ0n) is 10.1. The second-order valence-electron chi connectivity index (χ2n) is 4.16. The van der Waals surface area contributed by atoms with Crippen LogP contribution < -0.4 is 0 Å². The Balaban J connectivity index is 2.14. The Morgan fingerprint density at radius 1 is 1.26 bits per heavy atom. The lowest BCUT2D eigenvalue weighted by molar-refractivity contribution is 0.0784. The fraction of sp³-hybridized carbons (Fsp3) is 0.154. The molecule has 1 aromatic heterocycles. The molecule has 0 fully saturated rings. The molecule has 1 aromatic carbocycles. The van der Waals surface area contributed by atoms with Crippen LogP contribution in [0, 0.1) is 0 Å². The predicted molar refractivity (Wildman–Crippen MR) is 77.6 cm³/mol. The molecule has 4 nitrogen and oxygen atoms in total. The molecule has 0 bridgehead atoms. The highest BCUT2D eigenvalue weighted by atomic mass is 79.9. The molecule has 0 unspecified atom stereocenters. The number of thiophene rings is 1. The van der Waals surface area contributed by atoms with Gasteiger partial charge in [0.1, 0.15) is 11.5 Å². The van der Waals surface area contributed by atoms with Gasteiger partial charge in [-0.25, -0.2) is 0 Å². The number of hydrogen-bond acceptors (Lipinski definition) is 4. The van der Waals surface area contributed by atoms with Gasteiger partial charge in [-0.1, -0.05) is 0 Å². The summed E-state index contributed by atoms with van der Waals surface area (Å²) in [6.07, 6.45) is 0. The van der Waals surface area contributed by atoms with Crippen molar-refractivity contribution in [3.05, 3.63) is 44.6 Å². The minimum atomic E-state index is -0.256. The number of phenols is 2. The maximum absolute atomic E-state index is 12.2. The van der Waals surface area contributed by atoms with E-state index < -0.39 is 0 Å². The van der Waals surface area contributed by atoms with Crippen LogP contribution >= 0.6 is 27.3 Å². The summed E-state index contributed by atoms with van der Waals surface area (Å²) in [5.74, 6) is -0.515. The number of phenolic OH excluding ortho intramolecular Hbond substituents is 2. The quantitative estimate of drug-likeness (QED) is 0.901. The van der Waals surface area contributed by atoms with Gasteiger partial charge in [0.25, 0.3) is 5.91 Å². The number of halogens is 1. The largest absolute Gasteiger partial charge is 0.508 e. The summed E-state index contributed by atoms with van der Waals surface area (Å²) in [7, 11) is 1.68. The zero-order valence-corrected chi connectivity index (χ0v) is 12.5. The van der Waals surface area contributed by atoms with Crippen LogP contribution in [-0.2, 0) is 6.54 Å². The van der Waals surface area contributed by atoms with E-state index in [1.54, 1.807) is 18.4 Å². The van der Waals surface area contributed by atoms with Crippen LogP contribution in [-0.4, -0.2) is 28.1 Å². The van der Waals surface area contributed by atoms with Crippen molar-refractivity contribution in [2.75, 3.05) is 7.05 Å². The van der Waals surface area contributed by atoms with Crippen molar-refractivity contribution in [2.45, 2.75) is 6.54 Å². The average Bonchev–Trinajstić information content (AvgIpc) is 2.72. The fourth-order valence-corrected chi connectivity index (χ4v) is 2.91. The van der Waals surface area contributed by atoms with E-state index in [0.29, 0.717) is 6.54 Å². The van der Waals surface area contributed by atoms with Crippen LogP contribution in [0.15, 0.2) is 33.4 Å². The number of benzene rings is 1. The van der Waals surface area contributed by atoms with Gasteiger partial charge in [-0.3, -0.25) is 4.79 Å². The van der Waals surface area contributed by atoms with Crippen molar-refractivity contribution >= 4 is 33.2 Å². The summed E-state index contributed by atoms with van der Waals surface area (Å²) in [6, 6.07) is 5.81. The molecule has 2 aromatic rings. The third-order valence-corrected chi connectivity index (χ3v) is 4.09. The van der Waals surface area contributed by atoms with E-state index in [1.807, 2.05) is 11.4 Å². The van der Waals surface area contributed by atoms with Gasteiger partial charge in [-0.15, -0.1) is 11.3 Å². The minimum Gasteiger partial charge on any atom is -0.508 e. The predicted octanol–water partition coefficient (Wildman–Crippen LogP) is 3.19. The number of carbonyl (C=O) groups is 1. The lowest BCUT2D eigenvalue weighted by Gasteiger charge is -2.16. The molecule has 1 amide bonds. The molecule has 0 saturated heterocycles. The van der Waals surface area contributed by atoms with Gasteiger partial charge in [-0.2, -0.15) is 0 Å². The van der Waals surface area contributed by atoms with E-state index in [1.165, 1.54) is 23.1 Å². The number of nitrogens with zero attached hydrogens (tertiary/aromatic N) is 1. The summed E-state index contributed by atoms with van der Waals surface area (Å²) in [6.45, 7) is 0.470. The van der Waals surface area contributed by atoms with Crippen molar-refractivity contribution < 1.29 is 15.0 Å². The van der Waals surface area contributed by atoms with E-state index in [4.69, 9.17) is 0 Å². The number of aromatic hydroxyl groups is 2. The molecule has 0 radical (unpaired) electrons. The second-order valence-corrected chi connectivity index (χ2v) is 6.45. The Hall–Kier alpha value is -1.53. The molecular weight excluding hydrogens is 330 g/mol. The second kappa shape index (κ2) is 5.63. The van der Waals surface area contributed by atoms with Crippen LogP contribution in [0.3, 0.4) is 0 Å². The highest BCUT2D eigenvalue weighted by Crippen LogP contribution is 2.24. The van der Waals surface area contributed by atoms with E-state index in [0.717, 1.165) is 9.35 Å². The van der Waals surface area contributed by atoms with Gasteiger partial charge in [0, 0.05) is 25.2 Å². The van der Waals surface area contributed by atoms with Crippen LogP contribution in [0.25, 0.3) is 0 Å². The number of amides is 1. The molecule has 0 aliphatic heterocycles. The molecule has 0 aliphatic carbocycles. The molecule has 0 spiro atoms. The van der Waals surface area contributed by atoms with Crippen molar-refractivity contribution in [1.29, 1.82) is 0 Å². The SMILES string of the molecule is CN(Cc1csc(Br)c1)C(=O)c1cc(O)cc(O)c1. The van der Waals surface area contributed by atoms with Crippen molar-refractivity contribution in [3.8, 4) is 11.5 Å². The van der Waals surface area contributed by atoms with E-state index in [-0.39, 0.29) is 23.0 Å². The fourth-order valence-electron chi connectivity index (χ4n) is 1.71. The molecule has 6 heteroatoms. The van der Waals surface area contributed by atoms with Crippen molar-refractivity contribution in [2.24, 2.45) is 0 Å². The molecule has 0 atom stereocenters. The number of carbonyl (C=O) groups excluding carboxylic acids is 1. The van der Waals surface area contributed by atoms with E-state index in [2.05, 4.69) is 15.9 Å². The maximum Gasteiger partial charge on any atom is 0.254 e. The van der Waals surface area contributed by atoms with Gasteiger partial charge in [-0.05, 0) is 45.1 Å². The van der Waals surface area contributed by atoms with Crippen molar-refractivity contribution in [3.63, 3.8) is 0 Å². The minimum absolute atomic E-state index is 0.130. The van der Waals surface area contributed by atoms with Gasteiger partial charge in [0.15, 0.2) is 0 Å². The Kier molecular flexibility index (Phi) is 4.11. The summed E-state index contributed by atoms with van der Waals surface area (Å²) >= 11 is 4.93. The van der Waals surface area contributed by atoms with Gasteiger partial charge < -0.3 is 15.1 Å². The average molecular weight is 342 g/mol.